The average Bonchev–Trinajstić information content (AvgIpc) is 2.92. The first kappa shape index (κ1) is 14.5. The van der Waals surface area contributed by atoms with E-state index >= 15 is 0 Å². The lowest BCUT2D eigenvalue weighted by Crippen LogP contribution is -2.32. The molecule has 0 radical (unpaired) electrons. The molecule has 20 heavy (non-hydrogen) atoms. The van der Waals surface area contributed by atoms with Crippen molar-refractivity contribution >= 4 is 50.9 Å². The molecule has 1 heterocycles. The SMILES string of the molecule is O=C(/C=C/c1ccco1)NC(=S)Nc1ccccc1Br. The van der Waals surface area contributed by atoms with Gasteiger partial charge in [-0.2, -0.15) is 0 Å². The molecule has 6 heteroatoms. The summed E-state index contributed by atoms with van der Waals surface area (Å²) in [6, 6.07) is 11.0. The number of amides is 1. The fraction of sp³-hybridized carbons (Fsp3) is 0. The number of carbonyl (C=O) groups excluding carboxylic acids is 1. The second kappa shape index (κ2) is 7.02. The Labute approximate surface area is 130 Å². The molecule has 0 fully saturated rings. The van der Waals surface area contributed by atoms with Crippen LogP contribution in [0.1, 0.15) is 5.76 Å². The molecule has 1 amide bonds. The Balaban J connectivity index is 1.88. The van der Waals surface area contributed by atoms with Crippen LogP contribution in [0.5, 0.6) is 0 Å². The first-order valence-corrected chi connectivity index (χ1v) is 6.93. The number of halogens is 1. The van der Waals surface area contributed by atoms with Crippen molar-refractivity contribution in [3.05, 3.63) is 59.0 Å². The first-order chi connectivity index (χ1) is 9.65. The zero-order valence-corrected chi connectivity index (χ0v) is 12.7. The maximum Gasteiger partial charge on any atom is 0.250 e. The largest absolute Gasteiger partial charge is 0.465 e. The Morgan fingerprint density at radius 1 is 1.25 bits per heavy atom. The number of anilines is 1. The Kier molecular flexibility index (Phi) is 5.09. The van der Waals surface area contributed by atoms with E-state index in [0.29, 0.717) is 5.76 Å². The van der Waals surface area contributed by atoms with Gasteiger partial charge in [-0.3, -0.25) is 10.1 Å². The van der Waals surface area contributed by atoms with Gasteiger partial charge in [-0.1, -0.05) is 12.1 Å². The van der Waals surface area contributed by atoms with Crippen LogP contribution >= 0.6 is 28.1 Å². The quantitative estimate of drug-likeness (QED) is 0.656. The Morgan fingerprint density at radius 3 is 2.75 bits per heavy atom. The molecule has 2 N–H and O–H groups in total. The molecule has 0 aliphatic heterocycles. The minimum absolute atomic E-state index is 0.228. The van der Waals surface area contributed by atoms with E-state index in [0.717, 1.165) is 10.2 Å². The molecule has 102 valence electrons. The lowest BCUT2D eigenvalue weighted by Gasteiger charge is -2.09. The molecule has 0 spiro atoms. The molecular weight excluding hydrogens is 340 g/mol. The standard InChI is InChI=1S/C14H11BrN2O2S/c15-11-5-1-2-6-12(11)16-14(20)17-13(18)8-7-10-4-3-9-19-10/h1-9H,(H2,16,17,18,20)/b8-7+. The van der Waals surface area contributed by atoms with Crippen LogP contribution in [0, 0.1) is 0 Å². The minimum Gasteiger partial charge on any atom is -0.465 e. The summed E-state index contributed by atoms with van der Waals surface area (Å²) in [6.45, 7) is 0. The van der Waals surface area contributed by atoms with Crippen molar-refractivity contribution in [2.45, 2.75) is 0 Å². The number of thiocarbonyl (C=S) groups is 1. The van der Waals surface area contributed by atoms with E-state index in [2.05, 4.69) is 26.6 Å². The van der Waals surface area contributed by atoms with E-state index in [1.165, 1.54) is 12.3 Å². The van der Waals surface area contributed by atoms with Gasteiger partial charge >= 0.3 is 0 Å². The third kappa shape index (κ3) is 4.32. The van der Waals surface area contributed by atoms with Crippen molar-refractivity contribution in [1.82, 2.24) is 5.32 Å². The van der Waals surface area contributed by atoms with Gasteiger partial charge in [0.05, 0.1) is 12.0 Å². The summed E-state index contributed by atoms with van der Waals surface area (Å²) in [5, 5.41) is 5.71. The van der Waals surface area contributed by atoms with Crippen LogP contribution in [-0.2, 0) is 4.79 Å². The van der Waals surface area contributed by atoms with E-state index in [-0.39, 0.29) is 11.0 Å². The second-order valence-electron chi connectivity index (χ2n) is 3.77. The highest BCUT2D eigenvalue weighted by Gasteiger charge is 2.03. The normalized spacial score (nSPS) is 10.4. The lowest BCUT2D eigenvalue weighted by molar-refractivity contribution is -0.115. The van der Waals surface area contributed by atoms with Crippen LogP contribution in [0.15, 0.2) is 57.6 Å². The smallest absolute Gasteiger partial charge is 0.250 e. The summed E-state index contributed by atoms with van der Waals surface area (Å²) >= 11 is 8.45. The van der Waals surface area contributed by atoms with E-state index in [1.807, 2.05) is 24.3 Å². The Hall–Kier alpha value is -1.92. The molecule has 2 aromatic rings. The highest BCUT2D eigenvalue weighted by atomic mass is 79.9. The van der Waals surface area contributed by atoms with Gasteiger partial charge < -0.3 is 9.73 Å². The van der Waals surface area contributed by atoms with Crippen molar-refractivity contribution in [3.63, 3.8) is 0 Å². The number of para-hydroxylation sites is 1. The number of nitrogens with one attached hydrogen (secondary N) is 2. The molecule has 2 rings (SSSR count). The lowest BCUT2D eigenvalue weighted by atomic mass is 10.3. The number of hydrogen-bond donors (Lipinski definition) is 2. The van der Waals surface area contributed by atoms with Crippen LogP contribution in [0.4, 0.5) is 5.69 Å². The van der Waals surface area contributed by atoms with E-state index in [4.69, 9.17) is 16.6 Å². The van der Waals surface area contributed by atoms with Crippen LogP contribution in [-0.4, -0.2) is 11.0 Å². The average molecular weight is 351 g/mol. The Bertz CT molecular complexity index is 638. The van der Waals surface area contributed by atoms with Gasteiger partial charge in [0, 0.05) is 10.5 Å². The second-order valence-corrected chi connectivity index (χ2v) is 5.03. The maximum absolute atomic E-state index is 11.6. The van der Waals surface area contributed by atoms with Gasteiger partial charge in [-0.25, -0.2) is 0 Å². The molecule has 0 saturated heterocycles. The van der Waals surface area contributed by atoms with Gasteiger partial charge in [0.15, 0.2) is 5.11 Å². The van der Waals surface area contributed by atoms with Gasteiger partial charge in [0.2, 0.25) is 5.91 Å². The summed E-state index contributed by atoms with van der Waals surface area (Å²) in [5.41, 5.74) is 0.785. The van der Waals surface area contributed by atoms with Crippen molar-refractivity contribution in [3.8, 4) is 0 Å². The zero-order chi connectivity index (χ0) is 14.4. The van der Waals surface area contributed by atoms with Crippen molar-refractivity contribution in [2.75, 3.05) is 5.32 Å². The Morgan fingerprint density at radius 2 is 2.05 bits per heavy atom. The van der Waals surface area contributed by atoms with Gasteiger partial charge in [-0.15, -0.1) is 0 Å². The molecule has 0 atom stereocenters. The summed E-state index contributed by atoms with van der Waals surface area (Å²) < 4.78 is 5.94. The third-order valence-electron chi connectivity index (χ3n) is 2.30. The molecule has 0 bridgehead atoms. The topological polar surface area (TPSA) is 54.3 Å². The van der Waals surface area contributed by atoms with E-state index in [9.17, 15) is 4.79 Å². The number of rotatable bonds is 3. The predicted molar refractivity (Wildman–Crippen MR) is 86.2 cm³/mol. The zero-order valence-electron chi connectivity index (χ0n) is 10.3. The van der Waals surface area contributed by atoms with Gasteiger partial charge in [-0.05, 0) is 58.5 Å². The fourth-order valence-electron chi connectivity index (χ4n) is 1.41. The van der Waals surface area contributed by atoms with Gasteiger partial charge in [0.25, 0.3) is 0 Å². The molecule has 0 aliphatic rings. The van der Waals surface area contributed by atoms with E-state index < -0.39 is 0 Å². The molecular formula is C14H11BrN2O2S. The van der Waals surface area contributed by atoms with Gasteiger partial charge in [0.1, 0.15) is 5.76 Å². The molecule has 4 nitrogen and oxygen atoms in total. The summed E-state index contributed by atoms with van der Waals surface area (Å²) in [4.78, 5) is 11.6. The number of hydrogen-bond acceptors (Lipinski definition) is 3. The molecule has 0 unspecified atom stereocenters. The van der Waals surface area contributed by atoms with Crippen LogP contribution in [0.3, 0.4) is 0 Å². The van der Waals surface area contributed by atoms with Crippen molar-refractivity contribution < 1.29 is 9.21 Å². The predicted octanol–water partition coefficient (Wildman–Crippen LogP) is 3.57. The first-order valence-electron chi connectivity index (χ1n) is 5.73. The summed E-state index contributed by atoms with van der Waals surface area (Å²) in [6.07, 6.45) is 4.46. The molecule has 0 aliphatic carbocycles. The van der Waals surface area contributed by atoms with E-state index in [1.54, 1.807) is 18.2 Å². The number of benzene rings is 1. The minimum atomic E-state index is -0.328. The monoisotopic (exact) mass is 350 g/mol. The maximum atomic E-state index is 11.6. The number of carbonyl (C=O) groups is 1. The number of furan rings is 1. The van der Waals surface area contributed by atoms with Crippen LogP contribution in [0.25, 0.3) is 6.08 Å². The van der Waals surface area contributed by atoms with Crippen LogP contribution in [0.2, 0.25) is 0 Å². The summed E-state index contributed by atoms with van der Waals surface area (Å²) in [7, 11) is 0. The van der Waals surface area contributed by atoms with Crippen LogP contribution < -0.4 is 10.6 Å². The summed E-state index contributed by atoms with van der Waals surface area (Å²) in [5.74, 6) is 0.274. The molecule has 1 aromatic heterocycles. The fourth-order valence-corrected chi connectivity index (χ4v) is 2.01. The highest BCUT2D eigenvalue weighted by molar-refractivity contribution is 9.10. The highest BCUT2D eigenvalue weighted by Crippen LogP contribution is 2.20. The molecule has 0 saturated carbocycles. The van der Waals surface area contributed by atoms with Crippen molar-refractivity contribution in [2.24, 2.45) is 0 Å². The third-order valence-corrected chi connectivity index (χ3v) is 3.20. The molecule has 1 aromatic carbocycles. The van der Waals surface area contributed by atoms with Crippen molar-refractivity contribution in [1.29, 1.82) is 0 Å².